The van der Waals surface area contributed by atoms with Gasteiger partial charge in [0.2, 0.25) is 11.2 Å². The molecular formula is C20H20O9. The molecule has 1 aromatic heterocycles. The molecule has 1 aliphatic rings. The van der Waals surface area contributed by atoms with Gasteiger partial charge in [0.05, 0.1) is 32.8 Å². The monoisotopic (exact) mass is 404 g/mol. The first-order chi connectivity index (χ1) is 13.9. The van der Waals surface area contributed by atoms with E-state index in [2.05, 4.69) is 0 Å². The van der Waals surface area contributed by atoms with Crippen LogP contribution in [-0.4, -0.2) is 60.1 Å². The SMILES string of the molecule is COc1cc2oc3c([C@@]4(O)CO[C@H](CO)[C@H]4O)cccc3c(=O)c2c(O)c1OC. The first kappa shape index (κ1) is 19.5. The number of rotatable bonds is 4. The van der Waals surface area contributed by atoms with Crippen LogP contribution in [0.25, 0.3) is 21.9 Å². The van der Waals surface area contributed by atoms with Gasteiger partial charge in [-0.05, 0) is 6.07 Å². The molecule has 1 aliphatic heterocycles. The maximum absolute atomic E-state index is 13.1. The van der Waals surface area contributed by atoms with E-state index in [-0.39, 0.29) is 45.6 Å². The summed E-state index contributed by atoms with van der Waals surface area (Å²) in [5, 5.41) is 41.4. The zero-order chi connectivity index (χ0) is 20.9. The summed E-state index contributed by atoms with van der Waals surface area (Å²) >= 11 is 0. The summed E-state index contributed by atoms with van der Waals surface area (Å²) in [6.07, 6.45) is -2.41. The van der Waals surface area contributed by atoms with Crippen molar-refractivity contribution in [3.63, 3.8) is 0 Å². The Morgan fingerprint density at radius 2 is 2.03 bits per heavy atom. The minimum atomic E-state index is -1.89. The lowest BCUT2D eigenvalue weighted by Gasteiger charge is -2.27. The van der Waals surface area contributed by atoms with Crippen LogP contribution in [0.2, 0.25) is 0 Å². The fraction of sp³-hybridized carbons (Fsp3) is 0.350. The summed E-state index contributed by atoms with van der Waals surface area (Å²) in [7, 11) is 2.70. The molecule has 0 spiro atoms. The molecule has 29 heavy (non-hydrogen) atoms. The summed E-state index contributed by atoms with van der Waals surface area (Å²) < 4.78 is 21.5. The van der Waals surface area contributed by atoms with E-state index in [1.807, 2.05) is 0 Å². The molecule has 154 valence electrons. The first-order valence-electron chi connectivity index (χ1n) is 8.84. The Hall–Kier alpha value is -2.85. The number of fused-ring (bicyclic) bond motifs is 2. The molecule has 4 rings (SSSR count). The van der Waals surface area contributed by atoms with Gasteiger partial charge in [0, 0.05) is 11.6 Å². The van der Waals surface area contributed by atoms with Gasteiger partial charge in [-0.1, -0.05) is 12.1 Å². The first-order valence-corrected chi connectivity index (χ1v) is 8.84. The number of benzene rings is 2. The Bertz CT molecular complexity index is 1150. The van der Waals surface area contributed by atoms with E-state index in [4.69, 9.17) is 18.6 Å². The molecule has 0 amide bonds. The average molecular weight is 404 g/mol. The highest BCUT2D eigenvalue weighted by molar-refractivity contribution is 5.97. The highest BCUT2D eigenvalue weighted by Gasteiger charge is 2.50. The number of ether oxygens (including phenoxy) is 3. The van der Waals surface area contributed by atoms with Crippen molar-refractivity contribution in [2.45, 2.75) is 17.8 Å². The van der Waals surface area contributed by atoms with Crippen LogP contribution in [-0.2, 0) is 10.3 Å². The molecule has 3 atom stereocenters. The molecule has 1 fully saturated rings. The van der Waals surface area contributed by atoms with E-state index < -0.39 is 35.6 Å². The van der Waals surface area contributed by atoms with Crippen LogP contribution in [0.1, 0.15) is 5.56 Å². The van der Waals surface area contributed by atoms with E-state index in [0.29, 0.717) is 0 Å². The molecule has 0 saturated carbocycles. The van der Waals surface area contributed by atoms with E-state index in [0.717, 1.165) is 0 Å². The van der Waals surface area contributed by atoms with Crippen molar-refractivity contribution in [2.75, 3.05) is 27.4 Å². The summed E-state index contributed by atoms with van der Waals surface area (Å²) in [6, 6.07) is 5.90. The van der Waals surface area contributed by atoms with E-state index in [1.54, 1.807) is 0 Å². The van der Waals surface area contributed by atoms with Gasteiger partial charge in [0.1, 0.15) is 34.4 Å². The summed E-state index contributed by atoms with van der Waals surface area (Å²) in [5.74, 6) is -0.279. The second-order valence-corrected chi connectivity index (χ2v) is 6.85. The number of phenolic OH excluding ortho intramolecular Hbond substituents is 1. The third-order valence-electron chi connectivity index (χ3n) is 5.31. The van der Waals surface area contributed by atoms with Gasteiger partial charge in [-0.3, -0.25) is 4.79 Å². The summed E-state index contributed by atoms with van der Waals surface area (Å²) in [4.78, 5) is 13.1. The molecule has 1 saturated heterocycles. The molecule has 2 heterocycles. The Kier molecular flexibility index (Phi) is 4.62. The van der Waals surface area contributed by atoms with Crippen molar-refractivity contribution >= 4 is 21.9 Å². The van der Waals surface area contributed by atoms with Crippen LogP contribution in [0, 0.1) is 0 Å². The Morgan fingerprint density at radius 3 is 2.66 bits per heavy atom. The van der Waals surface area contributed by atoms with Crippen LogP contribution in [0.15, 0.2) is 33.5 Å². The lowest BCUT2D eigenvalue weighted by Crippen LogP contribution is -2.42. The largest absolute Gasteiger partial charge is 0.504 e. The fourth-order valence-electron chi connectivity index (χ4n) is 3.77. The standard InChI is InChI=1S/C20H20O9/c1-26-12-6-11-14(16(23)18(12)27-2)15(22)9-4-3-5-10(17(9)29-11)20(25)8-28-13(7-21)19(20)24/h3-6,13,19,21,23-25H,7-8H2,1-2H3/t13-,19-,20+/m1/s1. The van der Waals surface area contributed by atoms with Gasteiger partial charge in [0.25, 0.3) is 0 Å². The lowest BCUT2D eigenvalue weighted by atomic mass is 9.87. The predicted octanol–water partition coefficient (Wildman–Crippen LogP) is 0.609. The minimum absolute atomic E-state index is 0.00756. The van der Waals surface area contributed by atoms with Crippen LogP contribution < -0.4 is 14.9 Å². The highest BCUT2D eigenvalue weighted by atomic mass is 16.5. The number of para-hydroxylation sites is 1. The van der Waals surface area contributed by atoms with Gasteiger partial charge in [-0.15, -0.1) is 0 Å². The van der Waals surface area contributed by atoms with Gasteiger partial charge < -0.3 is 39.1 Å². The second kappa shape index (κ2) is 6.89. The van der Waals surface area contributed by atoms with Gasteiger partial charge in [0.15, 0.2) is 11.5 Å². The van der Waals surface area contributed by atoms with Crippen LogP contribution in [0.3, 0.4) is 0 Å². The van der Waals surface area contributed by atoms with Crippen LogP contribution in [0.5, 0.6) is 17.2 Å². The number of phenols is 1. The molecule has 2 aromatic carbocycles. The number of aliphatic hydroxyl groups is 3. The molecule has 0 aliphatic carbocycles. The Balaban J connectivity index is 2.06. The second-order valence-electron chi connectivity index (χ2n) is 6.85. The molecule has 0 radical (unpaired) electrons. The zero-order valence-corrected chi connectivity index (χ0v) is 15.7. The highest BCUT2D eigenvalue weighted by Crippen LogP contribution is 2.43. The van der Waals surface area contributed by atoms with Gasteiger partial charge >= 0.3 is 0 Å². The molecule has 3 aromatic rings. The number of hydrogen-bond acceptors (Lipinski definition) is 9. The van der Waals surface area contributed by atoms with Crippen molar-refractivity contribution in [3.05, 3.63) is 40.1 Å². The maximum Gasteiger partial charge on any atom is 0.204 e. The number of hydrogen-bond donors (Lipinski definition) is 4. The predicted molar refractivity (Wildman–Crippen MR) is 101 cm³/mol. The Labute approximate surface area is 164 Å². The van der Waals surface area contributed by atoms with E-state index in [9.17, 15) is 25.2 Å². The van der Waals surface area contributed by atoms with Gasteiger partial charge in [-0.25, -0.2) is 0 Å². The van der Waals surface area contributed by atoms with Crippen LogP contribution >= 0.6 is 0 Å². The van der Waals surface area contributed by atoms with Crippen molar-refractivity contribution in [1.29, 1.82) is 0 Å². The quantitative estimate of drug-likeness (QED) is 0.461. The molecular weight excluding hydrogens is 384 g/mol. The van der Waals surface area contributed by atoms with E-state index in [1.165, 1.54) is 38.5 Å². The summed E-state index contributed by atoms with van der Waals surface area (Å²) in [6.45, 7) is -0.774. The topological polar surface area (TPSA) is 139 Å². The molecule has 9 heteroatoms. The van der Waals surface area contributed by atoms with Crippen molar-refractivity contribution in [2.24, 2.45) is 0 Å². The van der Waals surface area contributed by atoms with Crippen molar-refractivity contribution < 1.29 is 39.1 Å². The van der Waals surface area contributed by atoms with E-state index >= 15 is 0 Å². The minimum Gasteiger partial charge on any atom is -0.504 e. The fourth-order valence-corrected chi connectivity index (χ4v) is 3.77. The van der Waals surface area contributed by atoms with Crippen molar-refractivity contribution in [1.82, 2.24) is 0 Å². The smallest absolute Gasteiger partial charge is 0.204 e. The molecule has 4 N–H and O–H groups in total. The molecule has 9 nitrogen and oxygen atoms in total. The third kappa shape index (κ3) is 2.66. The molecule has 0 bridgehead atoms. The van der Waals surface area contributed by atoms with Gasteiger partial charge in [-0.2, -0.15) is 0 Å². The third-order valence-corrected chi connectivity index (χ3v) is 5.31. The van der Waals surface area contributed by atoms with Crippen molar-refractivity contribution in [3.8, 4) is 17.2 Å². The number of aromatic hydroxyl groups is 1. The average Bonchev–Trinajstić information content (AvgIpc) is 3.02. The zero-order valence-electron chi connectivity index (χ0n) is 15.7. The normalized spacial score (nSPS) is 24.3. The number of aliphatic hydroxyl groups excluding tert-OH is 2. The Morgan fingerprint density at radius 1 is 1.28 bits per heavy atom. The molecule has 0 unspecified atom stereocenters. The van der Waals surface area contributed by atoms with Crippen LogP contribution in [0.4, 0.5) is 0 Å². The maximum atomic E-state index is 13.1. The lowest BCUT2D eigenvalue weighted by molar-refractivity contribution is -0.0591. The summed E-state index contributed by atoms with van der Waals surface area (Å²) in [5.41, 5.74) is -2.26. The number of methoxy groups -OCH3 is 2.